The summed E-state index contributed by atoms with van der Waals surface area (Å²) in [5.41, 5.74) is 8.13. The van der Waals surface area contributed by atoms with Gasteiger partial charge >= 0.3 is 0 Å². The van der Waals surface area contributed by atoms with Gasteiger partial charge in [0.2, 0.25) is 0 Å². The Morgan fingerprint density at radius 3 is 1.66 bits per heavy atom. The average Bonchev–Trinajstić information content (AvgIpc) is 3.74. The lowest BCUT2D eigenvalue weighted by Gasteiger charge is -2.25. The maximum absolute atomic E-state index is 3.72. The van der Waals surface area contributed by atoms with Gasteiger partial charge in [0.1, 0.15) is 0 Å². The number of thiophene rings is 2. The van der Waals surface area contributed by atoms with Gasteiger partial charge in [0.15, 0.2) is 0 Å². The molecule has 1 N–H and O–H groups in total. The Morgan fingerprint density at radius 2 is 0.920 bits per heavy atom. The summed E-state index contributed by atoms with van der Waals surface area (Å²) in [5.74, 6) is 0. The van der Waals surface area contributed by atoms with Crippen molar-refractivity contribution < 1.29 is 0 Å². The number of para-hydroxylation sites is 3. The van der Waals surface area contributed by atoms with Gasteiger partial charge in [-0.2, -0.15) is 0 Å². The van der Waals surface area contributed by atoms with Crippen LogP contribution in [0.2, 0.25) is 0 Å². The van der Waals surface area contributed by atoms with Crippen molar-refractivity contribution in [2.75, 3.05) is 10.2 Å². The predicted octanol–water partition coefficient (Wildman–Crippen LogP) is 14.5. The van der Waals surface area contributed by atoms with Crippen LogP contribution in [0, 0.1) is 0 Å². The second-order valence-corrected chi connectivity index (χ2v) is 14.7. The first-order valence-electron chi connectivity index (χ1n) is 16.8. The summed E-state index contributed by atoms with van der Waals surface area (Å²) in [4.78, 5) is 2.34. The minimum atomic E-state index is 1.08. The third-order valence-electron chi connectivity index (χ3n) is 9.58. The van der Waals surface area contributed by atoms with Gasteiger partial charge in [-0.3, -0.25) is 0 Å². The first kappa shape index (κ1) is 29.0. The number of nitrogens with zero attached hydrogens (tertiary/aromatic N) is 1. The third-order valence-corrected chi connectivity index (χ3v) is 12.0. The van der Waals surface area contributed by atoms with Crippen LogP contribution in [0.25, 0.3) is 62.2 Å². The molecule has 0 aliphatic carbocycles. The van der Waals surface area contributed by atoms with Gasteiger partial charge in [-0.1, -0.05) is 103 Å². The fourth-order valence-electron chi connectivity index (χ4n) is 7.34. The van der Waals surface area contributed by atoms with Crippen molar-refractivity contribution in [1.29, 1.82) is 0 Å². The number of nitrogens with one attached hydrogen (secondary N) is 1. The Labute approximate surface area is 298 Å². The molecule has 2 nitrogen and oxygen atoms in total. The van der Waals surface area contributed by atoms with E-state index in [2.05, 4.69) is 186 Å². The number of rotatable bonds is 6. The molecular weight excluding hydrogens is 645 g/mol. The van der Waals surface area contributed by atoms with Crippen molar-refractivity contribution in [1.82, 2.24) is 0 Å². The van der Waals surface area contributed by atoms with Gasteiger partial charge in [0.25, 0.3) is 0 Å². The Balaban J connectivity index is 1.21. The molecule has 0 spiro atoms. The van der Waals surface area contributed by atoms with Gasteiger partial charge in [-0.05, 0) is 83.7 Å². The molecule has 236 valence electrons. The maximum Gasteiger partial charge on any atom is 0.0476 e. The van der Waals surface area contributed by atoms with E-state index in [-0.39, 0.29) is 0 Å². The molecule has 8 aromatic carbocycles. The monoisotopic (exact) mass is 674 g/mol. The highest BCUT2D eigenvalue weighted by molar-refractivity contribution is 7.27. The topological polar surface area (TPSA) is 15.3 Å². The van der Waals surface area contributed by atoms with E-state index >= 15 is 0 Å². The molecule has 10 rings (SSSR count). The summed E-state index contributed by atoms with van der Waals surface area (Å²) in [6.07, 6.45) is 0. The molecule has 2 heterocycles. The zero-order chi connectivity index (χ0) is 33.0. The van der Waals surface area contributed by atoms with Gasteiger partial charge in [0, 0.05) is 79.7 Å². The minimum absolute atomic E-state index is 1.08. The smallest absolute Gasteiger partial charge is 0.0476 e. The van der Waals surface area contributed by atoms with Crippen molar-refractivity contribution in [3.63, 3.8) is 0 Å². The third kappa shape index (κ3) is 4.84. The van der Waals surface area contributed by atoms with E-state index in [1.165, 1.54) is 62.2 Å². The molecule has 0 radical (unpaired) electrons. The van der Waals surface area contributed by atoms with Crippen LogP contribution in [0.1, 0.15) is 0 Å². The average molecular weight is 675 g/mol. The highest BCUT2D eigenvalue weighted by Gasteiger charge is 2.19. The summed E-state index contributed by atoms with van der Waals surface area (Å²) in [6, 6.07) is 63.6. The quantitative estimate of drug-likeness (QED) is 0.189. The molecule has 0 saturated heterocycles. The summed E-state index contributed by atoms with van der Waals surface area (Å²) in [6.45, 7) is 0. The Morgan fingerprint density at radius 1 is 0.340 bits per heavy atom. The molecule has 10 aromatic rings. The fourth-order valence-corrected chi connectivity index (χ4v) is 9.80. The molecule has 0 bridgehead atoms. The van der Waals surface area contributed by atoms with Crippen LogP contribution >= 0.6 is 22.7 Å². The molecule has 0 aliphatic rings. The van der Waals surface area contributed by atoms with Crippen LogP contribution in [0.4, 0.5) is 28.4 Å². The van der Waals surface area contributed by atoms with E-state index in [1.807, 2.05) is 22.7 Å². The lowest BCUT2D eigenvalue weighted by Crippen LogP contribution is -2.09. The van der Waals surface area contributed by atoms with Gasteiger partial charge < -0.3 is 10.2 Å². The van der Waals surface area contributed by atoms with E-state index in [0.29, 0.717) is 0 Å². The molecule has 4 heteroatoms. The van der Waals surface area contributed by atoms with Crippen molar-refractivity contribution in [2.45, 2.75) is 0 Å². The number of benzene rings is 8. The van der Waals surface area contributed by atoms with Crippen molar-refractivity contribution >= 4 is 102 Å². The lowest BCUT2D eigenvalue weighted by atomic mass is 9.94. The normalized spacial score (nSPS) is 11.6. The second kappa shape index (κ2) is 11.9. The molecule has 0 unspecified atom stereocenters. The fraction of sp³-hybridized carbons (Fsp3) is 0. The first-order chi connectivity index (χ1) is 24.8. The summed E-state index contributed by atoms with van der Waals surface area (Å²) in [7, 11) is 0. The molecule has 50 heavy (non-hydrogen) atoms. The van der Waals surface area contributed by atoms with Gasteiger partial charge in [-0.15, -0.1) is 22.7 Å². The summed E-state index contributed by atoms with van der Waals surface area (Å²) in [5, 5.41) is 11.4. The molecule has 0 fully saturated rings. The number of fused-ring (bicyclic) bond motifs is 8. The van der Waals surface area contributed by atoms with Crippen LogP contribution in [-0.4, -0.2) is 0 Å². The standard InChI is InChI=1S/C46H30N2S2/c1-4-14-30(15-5-1)47-31-26-40-36-21-12-13-23-43(36)49-46(40)41(27-31)39-29-42-37-25-24-34(28-44(37)50-45(42)38-22-11-10-20-35(38)39)48(32-16-6-2-7-17-32)33-18-8-3-9-19-33/h1-29,47H. The highest BCUT2D eigenvalue weighted by Crippen LogP contribution is 2.48. The van der Waals surface area contributed by atoms with E-state index in [9.17, 15) is 0 Å². The van der Waals surface area contributed by atoms with Gasteiger partial charge in [0.05, 0.1) is 0 Å². The first-order valence-corrected chi connectivity index (χ1v) is 18.5. The zero-order valence-electron chi connectivity index (χ0n) is 27.0. The summed E-state index contributed by atoms with van der Waals surface area (Å²) < 4.78 is 5.23. The Hall–Kier alpha value is -5.94. The molecule has 0 atom stereocenters. The molecular formula is C46H30N2S2. The number of hydrogen-bond acceptors (Lipinski definition) is 4. The second-order valence-electron chi connectivity index (χ2n) is 12.6. The van der Waals surface area contributed by atoms with E-state index in [0.717, 1.165) is 28.4 Å². The van der Waals surface area contributed by atoms with Crippen molar-refractivity contribution in [2.24, 2.45) is 0 Å². The van der Waals surface area contributed by atoms with E-state index < -0.39 is 0 Å². The SMILES string of the molecule is c1ccc(Nc2cc(-c3cc4c5ccc(N(c6ccccc6)c6ccccc6)cc5sc4c4ccccc34)c3sc4ccccc4c3c2)cc1. The molecule has 0 aliphatic heterocycles. The number of anilines is 5. The van der Waals surface area contributed by atoms with Crippen LogP contribution in [0.5, 0.6) is 0 Å². The van der Waals surface area contributed by atoms with Crippen molar-refractivity contribution in [3.8, 4) is 11.1 Å². The number of hydrogen-bond donors (Lipinski definition) is 1. The molecule has 0 amide bonds. The Bertz CT molecular complexity index is 2800. The Kier molecular flexibility index (Phi) is 6.90. The minimum Gasteiger partial charge on any atom is -0.355 e. The summed E-state index contributed by atoms with van der Waals surface area (Å²) >= 11 is 3.78. The maximum atomic E-state index is 3.72. The van der Waals surface area contributed by atoms with E-state index in [4.69, 9.17) is 0 Å². The van der Waals surface area contributed by atoms with Crippen LogP contribution in [0.3, 0.4) is 0 Å². The van der Waals surface area contributed by atoms with Crippen LogP contribution < -0.4 is 10.2 Å². The zero-order valence-corrected chi connectivity index (χ0v) is 28.6. The van der Waals surface area contributed by atoms with E-state index in [1.54, 1.807) is 0 Å². The molecule has 2 aromatic heterocycles. The van der Waals surface area contributed by atoms with Crippen LogP contribution in [0.15, 0.2) is 176 Å². The predicted molar refractivity (Wildman–Crippen MR) is 220 cm³/mol. The largest absolute Gasteiger partial charge is 0.355 e. The highest BCUT2D eigenvalue weighted by atomic mass is 32.1. The molecule has 0 saturated carbocycles. The van der Waals surface area contributed by atoms with Crippen molar-refractivity contribution in [3.05, 3.63) is 176 Å². The lowest BCUT2D eigenvalue weighted by molar-refractivity contribution is 1.29. The van der Waals surface area contributed by atoms with Crippen LogP contribution in [-0.2, 0) is 0 Å². The van der Waals surface area contributed by atoms with Gasteiger partial charge in [-0.25, -0.2) is 0 Å².